The molecule has 4 nitrogen and oxygen atoms in total. The van der Waals surface area contributed by atoms with Gasteiger partial charge in [-0.15, -0.1) is 0 Å². The number of allylic oxidation sites excluding steroid dienone is 1. The molecule has 0 saturated carbocycles. The highest BCUT2D eigenvalue weighted by Crippen LogP contribution is 2.19. The molecule has 120 valence electrons. The Kier molecular flexibility index (Phi) is 5.13. The molecule has 1 aliphatic rings. The van der Waals surface area contributed by atoms with Crippen LogP contribution in [0.25, 0.3) is 5.69 Å². The van der Waals surface area contributed by atoms with Crippen LogP contribution in [0.2, 0.25) is 5.02 Å². The van der Waals surface area contributed by atoms with Crippen molar-refractivity contribution in [3.05, 3.63) is 63.7 Å². The van der Waals surface area contributed by atoms with Gasteiger partial charge in [0.25, 0.3) is 5.56 Å². The van der Waals surface area contributed by atoms with Gasteiger partial charge < -0.3 is 5.32 Å². The summed E-state index contributed by atoms with van der Waals surface area (Å²) >= 11 is 5.90. The lowest BCUT2D eigenvalue weighted by atomic mass is 9.97. The van der Waals surface area contributed by atoms with Gasteiger partial charge >= 0.3 is 0 Å². The third-order valence-electron chi connectivity index (χ3n) is 4.07. The normalized spacial score (nSPS) is 14.4. The molecule has 0 radical (unpaired) electrons. The van der Waals surface area contributed by atoms with Crippen LogP contribution in [0, 0.1) is 0 Å². The standard InChI is InChI=1S/C18H20ClN3O/c19-15-6-8-16(9-7-15)22-13-12-21-17(18(22)23)20-11-10-14-4-2-1-3-5-14/h4,6-9,12-13H,1-3,5,10-11H2,(H,20,21). The van der Waals surface area contributed by atoms with Gasteiger partial charge in [-0.1, -0.05) is 23.3 Å². The minimum atomic E-state index is -0.146. The first-order chi connectivity index (χ1) is 11.2. The van der Waals surface area contributed by atoms with Crippen molar-refractivity contribution < 1.29 is 0 Å². The maximum atomic E-state index is 12.5. The summed E-state index contributed by atoms with van der Waals surface area (Å²) in [6, 6.07) is 7.18. The summed E-state index contributed by atoms with van der Waals surface area (Å²) in [4.78, 5) is 16.7. The third-order valence-corrected chi connectivity index (χ3v) is 4.32. The van der Waals surface area contributed by atoms with E-state index in [-0.39, 0.29) is 5.56 Å². The minimum absolute atomic E-state index is 0.146. The SMILES string of the molecule is O=c1c(NCCC2=CCCCC2)nccn1-c1ccc(Cl)cc1. The van der Waals surface area contributed by atoms with E-state index in [4.69, 9.17) is 11.6 Å². The lowest BCUT2D eigenvalue weighted by molar-refractivity contribution is 0.679. The molecule has 0 spiro atoms. The molecule has 1 aromatic carbocycles. The predicted octanol–water partition coefficient (Wildman–Crippen LogP) is 4.19. The molecular weight excluding hydrogens is 310 g/mol. The molecule has 1 aliphatic carbocycles. The van der Waals surface area contributed by atoms with E-state index in [2.05, 4.69) is 16.4 Å². The summed E-state index contributed by atoms with van der Waals surface area (Å²) in [6.07, 6.45) is 11.5. The van der Waals surface area contributed by atoms with Gasteiger partial charge in [-0.3, -0.25) is 9.36 Å². The van der Waals surface area contributed by atoms with Crippen LogP contribution >= 0.6 is 11.6 Å². The first kappa shape index (κ1) is 15.8. The Bertz CT molecular complexity index is 750. The van der Waals surface area contributed by atoms with Crippen LogP contribution in [0.15, 0.2) is 53.1 Å². The van der Waals surface area contributed by atoms with Crippen molar-refractivity contribution in [2.45, 2.75) is 32.1 Å². The van der Waals surface area contributed by atoms with Crippen LogP contribution in [-0.2, 0) is 0 Å². The maximum Gasteiger partial charge on any atom is 0.297 e. The minimum Gasteiger partial charge on any atom is -0.365 e. The van der Waals surface area contributed by atoms with E-state index in [0.29, 0.717) is 10.8 Å². The fraction of sp³-hybridized carbons (Fsp3) is 0.333. The van der Waals surface area contributed by atoms with Gasteiger partial charge in [-0.05, 0) is 56.4 Å². The van der Waals surface area contributed by atoms with E-state index in [1.807, 2.05) is 12.1 Å². The Hall–Kier alpha value is -2.07. The Morgan fingerprint density at radius 1 is 1.22 bits per heavy atom. The second-order valence-corrected chi connectivity index (χ2v) is 6.15. The quantitative estimate of drug-likeness (QED) is 0.837. The zero-order chi connectivity index (χ0) is 16.1. The van der Waals surface area contributed by atoms with Crippen LogP contribution in [0.5, 0.6) is 0 Å². The molecule has 0 amide bonds. The molecule has 3 rings (SSSR count). The second-order valence-electron chi connectivity index (χ2n) is 5.71. The Morgan fingerprint density at radius 2 is 2.04 bits per heavy atom. The Labute approximate surface area is 140 Å². The summed E-state index contributed by atoms with van der Waals surface area (Å²) in [7, 11) is 0. The van der Waals surface area contributed by atoms with Crippen LogP contribution in [0.1, 0.15) is 32.1 Å². The number of halogens is 1. The fourth-order valence-corrected chi connectivity index (χ4v) is 2.94. The van der Waals surface area contributed by atoms with E-state index >= 15 is 0 Å². The van der Waals surface area contributed by atoms with Crippen molar-refractivity contribution in [1.29, 1.82) is 0 Å². The average molecular weight is 330 g/mol. The molecule has 5 heteroatoms. The molecule has 23 heavy (non-hydrogen) atoms. The second kappa shape index (κ2) is 7.47. The number of hydrogen-bond donors (Lipinski definition) is 1. The van der Waals surface area contributed by atoms with E-state index in [1.54, 1.807) is 29.1 Å². The van der Waals surface area contributed by atoms with Crippen molar-refractivity contribution in [3.8, 4) is 5.69 Å². The molecule has 1 N–H and O–H groups in total. The van der Waals surface area contributed by atoms with Crippen LogP contribution in [0.3, 0.4) is 0 Å². The van der Waals surface area contributed by atoms with Crippen molar-refractivity contribution in [2.75, 3.05) is 11.9 Å². The fourth-order valence-electron chi connectivity index (χ4n) is 2.81. The number of anilines is 1. The monoisotopic (exact) mass is 329 g/mol. The molecule has 0 unspecified atom stereocenters. The van der Waals surface area contributed by atoms with E-state index in [9.17, 15) is 4.79 Å². The molecule has 1 aromatic heterocycles. The Morgan fingerprint density at radius 3 is 2.78 bits per heavy atom. The number of hydrogen-bond acceptors (Lipinski definition) is 3. The zero-order valence-corrected chi connectivity index (χ0v) is 13.7. The Balaban J connectivity index is 1.71. The first-order valence-corrected chi connectivity index (χ1v) is 8.37. The number of nitrogens with zero attached hydrogens (tertiary/aromatic N) is 2. The van der Waals surface area contributed by atoms with Crippen molar-refractivity contribution in [3.63, 3.8) is 0 Å². The molecule has 0 fully saturated rings. The molecule has 0 bridgehead atoms. The highest BCUT2D eigenvalue weighted by Gasteiger charge is 2.07. The van der Waals surface area contributed by atoms with Gasteiger partial charge in [0.1, 0.15) is 0 Å². The zero-order valence-electron chi connectivity index (χ0n) is 13.0. The largest absolute Gasteiger partial charge is 0.365 e. The summed E-state index contributed by atoms with van der Waals surface area (Å²) in [6.45, 7) is 0.735. The summed E-state index contributed by atoms with van der Waals surface area (Å²) in [5, 5.41) is 3.82. The number of nitrogens with one attached hydrogen (secondary N) is 1. The van der Waals surface area contributed by atoms with Gasteiger partial charge in [0.05, 0.1) is 0 Å². The molecular formula is C18H20ClN3O. The highest BCUT2D eigenvalue weighted by atomic mass is 35.5. The van der Waals surface area contributed by atoms with Gasteiger partial charge in [0.2, 0.25) is 0 Å². The molecule has 0 atom stereocenters. The van der Waals surface area contributed by atoms with Gasteiger partial charge in [-0.25, -0.2) is 4.98 Å². The number of benzene rings is 1. The highest BCUT2D eigenvalue weighted by molar-refractivity contribution is 6.30. The lowest BCUT2D eigenvalue weighted by Crippen LogP contribution is -2.23. The molecule has 0 saturated heterocycles. The van der Waals surface area contributed by atoms with Crippen LogP contribution in [-0.4, -0.2) is 16.1 Å². The summed E-state index contributed by atoms with van der Waals surface area (Å²) in [5.41, 5.74) is 2.12. The van der Waals surface area contributed by atoms with Gasteiger partial charge in [0, 0.05) is 29.6 Å². The lowest BCUT2D eigenvalue weighted by Gasteiger charge is -2.13. The molecule has 1 heterocycles. The predicted molar refractivity (Wildman–Crippen MR) is 94.5 cm³/mol. The van der Waals surface area contributed by atoms with Crippen LogP contribution in [0.4, 0.5) is 5.82 Å². The summed E-state index contributed by atoms with van der Waals surface area (Å²) in [5.74, 6) is 0.388. The maximum absolute atomic E-state index is 12.5. The third kappa shape index (κ3) is 4.02. The smallest absolute Gasteiger partial charge is 0.297 e. The first-order valence-electron chi connectivity index (χ1n) is 7.99. The van der Waals surface area contributed by atoms with Gasteiger partial charge in [-0.2, -0.15) is 0 Å². The number of aromatic nitrogens is 2. The van der Waals surface area contributed by atoms with Crippen molar-refractivity contribution in [1.82, 2.24) is 9.55 Å². The van der Waals surface area contributed by atoms with Crippen molar-refractivity contribution >= 4 is 17.4 Å². The molecule has 0 aliphatic heterocycles. The number of rotatable bonds is 5. The summed E-state index contributed by atoms with van der Waals surface area (Å²) < 4.78 is 1.57. The van der Waals surface area contributed by atoms with Gasteiger partial charge in [0.15, 0.2) is 5.82 Å². The van der Waals surface area contributed by atoms with Crippen molar-refractivity contribution in [2.24, 2.45) is 0 Å². The van der Waals surface area contributed by atoms with E-state index in [0.717, 1.165) is 18.7 Å². The van der Waals surface area contributed by atoms with Crippen LogP contribution < -0.4 is 10.9 Å². The van der Waals surface area contributed by atoms with E-state index in [1.165, 1.54) is 31.3 Å². The topological polar surface area (TPSA) is 46.9 Å². The average Bonchev–Trinajstić information content (AvgIpc) is 2.58. The van der Waals surface area contributed by atoms with E-state index < -0.39 is 0 Å². The molecule has 2 aromatic rings.